The number of rotatable bonds is 2. The minimum Gasteiger partial charge on any atom is -0.506 e. The van der Waals surface area contributed by atoms with E-state index in [1.54, 1.807) is 13.0 Å². The molecule has 2 atom stereocenters. The highest BCUT2D eigenvalue weighted by Gasteiger charge is 2.12. The first-order valence-corrected chi connectivity index (χ1v) is 4.04. The summed E-state index contributed by atoms with van der Waals surface area (Å²) in [5, 5.41) is 18.7. The van der Waals surface area contributed by atoms with Gasteiger partial charge in [-0.2, -0.15) is 0 Å². The third-order valence-corrected chi connectivity index (χ3v) is 1.89. The van der Waals surface area contributed by atoms with Crippen LogP contribution in [0.15, 0.2) is 18.2 Å². The molecule has 13 heavy (non-hydrogen) atoms. The Hall–Kier alpha value is -1.26. The minimum absolute atomic E-state index is 0.0145. The van der Waals surface area contributed by atoms with Gasteiger partial charge < -0.3 is 21.7 Å². The fraction of sp³-hybridized carbons (Fsp3) is 0.333. The van der Waals surface area contributed by atoms with Crippen LogP contribution in [-0.4, -0.2) is 16.3 Å². The molecule has 0 radical (unpaired) electrons. The second kappa shape index (κ2) is 3.64. The maximum absolute atomic E-state index is 9.55. The quantitative estimate of drug-likeness (QED) is 0.392. The Morgan fingerprint density at radius 1 is 1.38 bits per heavy atom. The van der Waals surface area contributed by atoms with Gasteiger partial charge in [0, 0.05) is 6.04 Å². The average molecular weight is 182 g/mol. The summed E-state index contributed by atoms with van der Waals surface area (Å²) in [7, 11) is 0. The normalized spacial score (nSPS) is 15.3. The number of hydrogen-bond acceptors (Lipinski definition) is 4. The second-order valence-electron chi connectivity index (χ2n) is 3.12. The van der Waals surface area contributed by atoms with Crippen molar-refractivity contribution in [1.82, 2.24) is 0 Å². The van der Waals surface area contributed by atoms with Crippen molar-refractivity contribution < 1.29 is 10.2 Å². The predicted molar refractivity (Wildman–Crippen MR) is 51.1 cm³/mol. The molecule has 0 amide bonds. The highest BCUT2D eigenvalue weighted by Crippen LogP contribution is 2.24. The summed E-state index contributed by atoms with van der Waals surface area (Å²) in [6.07, 6.45) is -0.747. The fourth-order valence-corrected chi connectivity index (χ4v) is 1.06. The summed E-state index contributed by atoms with van der Waals surface area (Å²) >= 11 is 0. The van der Waals surface area contributed by atoms with Crippen LogP contribution in [0.1, 0.15) is 18.6 Å². The van der Waals surface area contributed by atoms with Crippen molar-refractivity contribution in [2.24, 2.45) is 5.73 Å². The lowest BCUT2D eigenvalue weighted by atomic mass is 10.0. The molecule has 0 aliphatic heterocycles. The average Bonchev–Trinajstić information content (AvgIpc) is 2.08. The van der Waals surface area contributed by atoms with Gasteiger partial charge in [-0.05, 0) is 24.6 Å². The lowest BCUT2D eigenvalue weighted by Crippen LogP contribution is -2.24. The van der Waals surface area contributed by atoms with E-state index in [1.807, 2.05) is 0 Å². The molecule has 1 rings (SSSR count). The molecule has 6 N–H and O–H groups in total. The standard InChI is InChI=1S/C9H14N2O2/c1-5(10)9(13)6-2-3-8(12)7(11)4-6/h2-5,9,12-13H,10-11H2,1H3/t5-,9-/m1/s1. The molecule has 0 aliphatic carbocycles. The third-order valence-electron chi connectivity index (χ3n) is 1.89. The van der Waals surface area contributed by atoms with Gasteiger partial charge in [-0.1, -0.05) is 6.07 Å². The SMILES string of the molecule is C[C@@H](N)[C@@H](O)c1ccc(O)c(N)c1. The zero-order valence-corrected chi connectivity index (χ0v) is 7.44. The van der Waals surface area contributed by atoms with Crippen LogP contribution in [-0.2, 0) is 0 Å². The van der Waals surface area contributed by atoms with Crippen molar-refractivity contribution in [1.29, 1.82) is 0 Å². The van der Waals surface area contributed by atoms with Crippen LogP contribution >= 0.6 is 0 Å². The van der Waals surface area contributed by atoms with Gasteiger partial charge in [0.25, 0.3) is 0 Å². The molecule has 0 aromatic heterocycles. The van der Waals surface area contributed by atoms with Crippen LogP contribution < -0.4 is 11.5 Å². The predicted octanol–water partition coefficient (Wildman–Crippen LogP) is 0.355. The summed E-state index contributed by atoms with van der Waals surface area (Å²) in [5.74, 6) is 0.0145. The topological polar surface area (TPSA) is 92.5 Å². The Balaban J connectivity index is 2.97. The summed E-state index contributed by atoms with van der Waals surface area (Å²) < 4.78 is 0. The van der Waals surface area contributed by atoms with Crippen LogP contribution in [0, 0.1) is 0 Å². The molecule has 0 fully saturated rings. The summed E-state index contributed by atoms with van der Waals surface area (Å²) in [5.41, 5.74) is 11.8. The summed E-state index contributed by atoms with van der Waals surface area (Å²) in [6.45, 7) is 1.70. The molecule has 4 nitrogen and oxygen atoms in total. The number of nitrogens with two attached hydrogens (primary N) is 2. The van der Waals surface area contributed by atoms with E-state index < -0.39 is 6.10 Å². The molecule has 0 saturated carbocycles. The van der Waals surface area contributed by atoms with Crippen LogP contribution in [0.2, 0.25) is 0 Å². The first-order chi connectivity index (χ1) is 6.02. The Morgan fingerprint density at radius 2 is 2.00 bits per heavy atom. The fourth-order valence-electron chi connectivity index (χ4n) is 1.06. The number of nitrogen functional groups attached to an aromatic ring is 1. The van der Waals surface area contributed by atoms with Gasteiger partial charge in [0.1, 0.15) is 5.75 Å². The minimum atomic E-state index is -0.747. The van der Waals surface area contributed by atoms with Gasteiger partial charge in [0.2, 0.25) is 0 Å². The van der Waals surface area contributed by atoms with Gasteiger partial charge in [0.05, 0.1) is 11.8 Å². The zero-order valence-electron chi connectivity index (χ0n) is 7.44. The van der Waals surface area contributed by atoms with Crippen LogP contribution in [0.25, 0.3) is 0 Å². The number of benzene rings is 1. The number of aliphatic hydroxyl groups is 1. The molecule has 0 unspecified atom stereocenters. The monoisotopic (exact) mass is 182 g/mol. The van der Waals surface area contributed by atoms with Gasteiger partial charge in [-0.25, -0.2) is 0 Å². The number of aliphatic hydroxyl groups excluding tert-OH is 1. The first kappa shape index (κ1) is 9.83. The molecule has 0 bridgehead atoms. The maximum atomic E-state index is 9.55. The van der Waals surface area contributed by atoms with Gasteiger partial charge in [-0.3, -0.25) is 0 Å². The lowest BCUT2D eigenvalue weighted by Gasteiger charge is -2.15. The van der Waals surface area contributed by atoms with Gasteiger partial charge >= 0.3 is 0 Å². The van der Waals surface area contributed by atoms with Crippen molar-refractivity contribution in [3.8, 4) is 5.75 Å². The van der Waals surface area contributed by atoms with Gasteiger partial charge in [-0.15, -0.1) is 0 Å². The number of phenolic OH excluding ortho intramolecular Hbond substituents is 1. The molecule has 0 spiro atoms. The number of anilines is 1. The highest BCUT2D eigenvalue weighted by atomic mass is 16.3. The van der Waals surface area contributed by atoms with Crippen molar-refractivity contribution in [3.05, 3.63) is 23.8 Å². The van der Waals surface area contributed by atoms with Crippen LogP contribution in [0.3, 0.4) is 0 Å². The van der Waals surface area contributed by atoms with E-state index in [-0.39, 0.29) is 17.5 Å². The molecule has 0 aliphatic rings. The van der Waals surface area contributed by atoms with E-state index in [0.717, 1.165) is 0 Å². The molecule has 4 heteroatoms. The van der Waals surface area contributed by atoms with E-state index in [9.17, 15) is 5.11 Å². The highest BCUT2D eigenvalue weighted by molar-refractivity contribution is 5.53. The number of hydrogen-bond donors (Lipinski definition) is 4. The third kappa shape index (κ3) is 2.11. The van der Waals surface area contributed by atoms with Crippen molar-refractivity contribution >= 4 is 5.69 Å². The van der Waals surface area contributed by atoms with Gasteiger partial charge in [0.15, 0.2) is 0 Å². The largest absolute Gasteiger partial charge is 0.506 e. The maximum Gasteiger partial charge on any atom is 0.138 e. The molecule has 1 aromatic rings. The molecule has 1 aromatic carbocycles. The van der Waals surface area contributed by atoms with Crippen LogP contribution in [0.4, 0.5) is 5.69 Å². The van der Waals surface area contributed by atoms with Crippen molar-refractivity contribution in [2.75, 3.05) is 5.73 Å². The van der Waals surface area contributed by atoms with Crippen molar-refractivity contribution in [2.45, 2.75) is 19.1 Å². The first-order valence-electron chi connectivity index (χ1n) is 4.04. The van der Waals surface area contributed by atoms with Crippen LogP contribution in [0.5, 0.6) is 5.75 Å². The van der Waals surface area contributed by atoms with E-state index >= 15 is 0 Å². The smallest absolute Gasteiger partial charge is 0.138 e. The molecule has 0 saturated heterocycles. The van der Waals surface area contributed by atoms with E-state index in [4.69, 9.17) is 16.6 Å². The molecule has 0 heterocycles. The number of phenols is 1. The van der Waals surface area contributed by atoms with Crippen molar-refractivity contribution in [3.63, 3.8) is 0 Å². The Labute approximate surface area is 76.8 Å². The van der Waals surface area contributed by atoms with E-state index in [0.29, 0.717) is 5.56 Å². The Kier molecular flexibility index (Phi) is 2.75. The van der Waals surface area contributed by atoms with E-state index in [1.165, 1.54) is 12.1 Å². The molecule has 72 valence electrons. The zero-order chi connectivity index (χ0) is 10.0. The van der Waals surface area contributed by atoms with E-state index in [2.05, 4.69) is 0 Å². The summed E-state index contributed by atoms with van der Waals surface area (Å²) in [6, 6.07) is 4.20. The molecular formula is C9H14N2O2. The Bertz CT molecular complexity index is 300. The molecular weight excluding hydrogens is 168 g/mol. The summed E-state index contributed by atoms with van der Waals surface area (Å²) in [4.78, 5) is 0. The Morgan fingerprint density at radius 3 is 2.46 bits per heavy atom. The lowest BCUT2D eigenvalue weighted by molar-refractivity contribution is 0.153. The number of aromatic hydroxyl groups is 1. The second-order valence-corrected chi connectivity index (χ2v) is 3.12.